The number of H-pyrrole nitrogens is 1. The van der Waals surface area contributed by atoms with Crippen LogP contribution in [0, 0.1) is 0 Å². The molecule has 0 spiro atoms. The van der Waals surface area contributed by atoms with Crippen LogP contribution in [0.25, 0.3) is 27.9 Å². The van der Waals surface area contributed by atoms with Gasteiger partial charge >= 0.3 is 12.2 Å². The Morgan fingerprint density at radius 2 is 1.56 bits per heavy atom. The Hall–Kier alpha value is -4.71. The van der Waals surface area contributed by atoms with Crippen molar-refractivity contribution in [3.63, 3.8) is 0 Å². The van der Waals surface area contributed by atoms with E-state index < -0.39 is 23.4 Å². The van der Waals surface area contributed by atoms with Crippen molar-refractivity contribution in [2.75, 3.05) is 13.1 Å². The summed E-state index contributed by atoms with van der Waals surface area (Å²) in [5.41, 5.74) is 2.55. The maximum atomic E-state index is 12.8. The number of carbonyl (C=O) groups is 2. The molecule has 43 heavy (non-hydrogen) atoms. The van der Waals surface area contributed by atoms with Crippen LogP contribution in [0.5, 0.6) is 0 Å². The molecule has 0 saturated heterocycles. The minimum absolute atomic E-state index is 0.0454. The summed E-state index contributed by atoms with van der Waals surface area (Å²) in [5.74, 6) is 0.462. The van der Waals surface area contributed by atoms with Crippen LogP contribution in [0.1, 0.15) is 53.5 Å². The molecule has 0 saturated carbocycles. The van der Waals surface area contributed by atoms with Crippen LogP contribution in [0.15, 0.2) is 64.5 Å². The topological polar surface area (TPSA) is 151 Å². The predicted octanol–water partition coefficient (Wildman–Crippen LogP) is 4.73. The van der Waals surface area contributed by atoms with E-state index in [0.717, 1.165) is 22.2 Å². The summed E-state index contributed by atoms with van der Waals surface area (Å²) in [7, 11) is 0. The lowest BCUT2D eigenvalue weighted by atomic mass is 10.1. The van der Waals surface area contributed by atoms with Gasteiger partial charge in [-0.25, -0.2) is 14.6 Å². The highest BCUT2D eigenvalue weighted by atomic mass is 16.6. The summed E-state index contributed by atoms with van der Waals surface area (Å²) in [6, 6.07) is 15.5. The second kappa shape index (κ2) is 13.1. The SMILES string of the molecule is CC(C)(C)OC(=O)NC(=NCCCNCc1ccc(-c2cn3c(nc4ccccc43)[nH]c2=O)cc1)NC(=O)OC(C)(C)C. The molecule has 4 aromatic rings. The van der Waals surface area contributed by atoms with Gasteiger partial charge in [-0.15, -0.1) is 0 Å². The van der Waals surface area contributed by atoms with Crippen LogP contribution in [-0.4, -0.2) is 56.8 Å². The van der Waals surface area contributed by atoms with Crippen LogP contribution < -0.4 is 21.5 Å². The Kier molecular flexibility index (Phi) is 9.50. The first-order valence-electron chi connectivity index (χ1n) is 14.1. The van der Waals surface area contributed by atoms with E-state index in [1.165, 1.54) is 0 Å². The molecule has 0 atom stereocenters. The van der Waals surface area contributed by atoms with Gasteiger partial charge in [-0.3, -0.25) is 29.8 Å². The molecule has 2 aromatic heterocycles. The highest BCUT2D eigenvalue weighted by Gasteiger charge is 2.21. The van der Waals surface area contributed by atoms with Gasteiger partial charge in [0.1, 0.15) is 11.2 Å². The third kappa shape index (κ3) is 9.14. The third-order valence-electron chi connectivity index (χ3n) is 5.94. The average molecular weight is 590 g/mol. The Balaban J connectivity index is 1.31. The third-order valence-corrected chi connectivity index (χ3v) is 5.94. The number of aliphatic imine (C=N–C) groups is 1. The number of rotatable bonds is 7. The van der Waals surface area contributed by atoms with Crippen molar-refractivity contribution in [1.29, 1.82) is 0 Å². The van der Waals surface area contributed by atoms with Crippen LogP contribution >= 0.6 is 0 Å². The number of carbonyl (C=O) groups excluding carboxylic acids is 2. The summed E-state index contributed by atoms with van der Waals surface area (Å²) >= 11 is 0. The Morgan fingerprint density at radius 3 is 2.19 bits per heavy atom. The monoisotopic (exact) mass is 589 g/mol. The molecule has 2 heterocycles. The van der Waals surface area contributed by atoms with E-state index in [2.05, 4.69) is 30.9 Å². The van der Waals surface area contributed by atoms with Gasteiger partial charge < -0.3 is 14.8 Å². The first-order valence-corrected chi connectivity index (χ1v) is 14.1. The molecule has 4 N–H and O–H groups in total. The number of aromatic amines is 1. The van der Waals surface area contributed by atoms with Crippen molar-refractivity contribution in [2.45, 2.75) is 65.7 Å². The fourth-order valence-corrected chi connectivity index (χ4v) is 4.17. The number of hydrogen-bond donors (Lipinski definition) is 4. The molecule has 228 valence electrons. The molecule has 0 fully saturated rings. The number of hydrogen-bond acceptors (Lipinski definition) is 8. The number of aromatic nitrogens is 3. The molecular formula is C31H39N7O5. The molecule has 0 aliphatic rings. The van der Waals surface area contributed by atoms with Gasteiger partial charge in [-0.1, -0.05) is 36.4 Å². The van der Waals surface area contributed by atoms with E-state index in [9.17, 15) is 14.4 Å². The Labute approximate surface area is 249 Å². The van der Waals surface area contributed by atoms with Gasteiger partial charge in [0.05, 0.1) is 16.6 Å². The maximum Gasteiger partial charge on any atom is 0.414 e. The Morgan fingerprint density at radius 1 is 0.930 bits per heavy atom. The number of fused-ring (bicyclic) bond motifs is 3. The molecule has 0 aliphatic heterocycles. The average Bonchev–Trinajstić information content (AvgIpc) is 3.25. The zero-order valence-corrected chi connectivity index (χ0v) is 25.4. The summed E-state index contributed by atoms with van der Waals surface area (Å²) in [6.07, 6.45) is 0.997. The van der Waals surface area contributed by atoms with E-state index in [4.69, 9.17) is 9.47 Å². The lowest BCUT2D eigenvalue weighted by molar-refractivity contribution is 0.0545. The molecule has 2 amide bonds. The largest absolute Gasteiger partial charge is 0.444 e. The smallest absolute Gasteiger partial charge is 0.414 e. The minimum Gasteiger partial charge on any atom is -0.444 e. The zero-order chi connectivity index (χ0) is 31.2. The first kappa shape index (κ1) is 31.2. The second-order valence-corrected chi connectivity index (χ2v) is 12.0. The van der Waals surface area contributed by atoms with Crippen LogP contribution in [0.3, 0.4) is 0 Å². The first-order chi connectivity index (χ1) is 20.3. The normalized spacial score (nSPS) is 11.8. The van der Waals surface area contributed by atoms with Crippen molar-refractivity contribution in [3.8, 4) is 11.1 Å². The van der Waals surface area contributed by atoms with Crippen molar-refractivity contribution in [3.05, 3.63) is 70.6 Å². The molecule has 4 rings (SSSR count). The highest BCUT2D eigenvalue weighted by Crippen LogP contribution is 2.20. The number of imidazole rings is 1. The van der Waals surface area contributed by atoms with Gasteiger partial charge in [0.25, 0.3) is 5.56 Å². The summed E-state index contributed by atoms with van der Waals surface area (Å²) in [4.78, 5) is 48.9. The van der Waals surface area contributed by atoms with Crippen LogP contribution in [0.4, 0.5) is 9.59 Å². The quantitative estimate of drug-likeness (QED) is 0.138. The fourth-order valence-electron chi connectivity index (χ4n) is 4.17. The second-order valence-electron chi connectivity index (χ2n) is 12.0. The van der Waals surface area contributed by atoms with E-state index in [1.54, 1.807) is 41.5 Å². The molecule has 0 radical (unpaired) electrons. The highest BCUT2D eigenvalue weighted by molar-refractivity contribution is 6.01. The molecule has 12 heteroatoms. The standard InChI is InChI=1S/C31H39N7O5/c1-30(2,3)42-28(40)36-26(37-29(41)43-31(4,5)6)33-17-9-16-32-18-20-12-14-21(15-13-20)22-19-38-24-11-8-7-10-23(24)34-27(38)35-25(22)39/h7-8,10-15,19,32H,9,16-18H2,1-6H3,(H,34,35,39)(H2,33,36,37,40,41). The number of nitrogens with zero attached hydrogens (tertiary/aromatic N) is 3. The minimum atomic E-state index is -0.732. The summed E-state index contributed by atoms with van der Waals surface area (Å²) in [6.45, 7) is 12.0. The number of para-hydroxylation sites is 2. The van der Waals surface area contributed by atoms with Gasteiger partial charge in [-0.05, 0) is 77.8 Å². The molecule has 0 bridgehead atoms. The Bertz CT molecular complexity index is 1640. The van der Waals surface area contributed by atoms with Gasteiger partial charge in [0.2, 0.25) is 11.7 Å². The van der Waals surface area contributed by atoms with Crippen LogP contribution in [0.2, 0.25) is 0 Å². The van der Waals surface area contributed by atoms with Crippen molar-refractivity contribution in [1.82, 2.24) is 30.3 Å². The number of guanidine groups is 1. The van der Waals surface area contributed by atoms with E-state index >= 15 is 0 Å². The van der Waals surface area contributed by atoms with Crippen molar-refractivity contribution >= 4 is 35.0 Å². The van der Waals surface area contributed by atoms with E-state index in [0.29, 0.717) is 37.4 Å². The van der Waals surface area contributed by atoms with Gasteiger partial charge in [0.15, 0.2) is 0 Å². The molecule has 0 aliphatic carbocycles. The molecular weight excluding hydrogens is 550 g/mol. The van der Waals surface area contributed by atoms with E-state index in [-0.39, 0.29) is 11.5 Å². The van der Waals surface area contributed by atoms with Gasteiger partial charge in [-0.2, -0.15) is 0 Å². The van der Waals surface area contributed by atoms with Gasteiger partial charge in [0, 0.05) is 19.3 Å². The van der Waals surface area contributed by atoms with Crippen LogP contribution in [-0.2, 0) is 16.0 Å². The predicted molar refractivity (Wildman–Crippen MR) is 166 cm³/mol. The lowest BCUT2D eigenvalue weighted by Gasteiger charge is -2.22. The summed E-state index contributed by atoms with van der Waals surface area (Å²) in [5, 5.41) is 8.30. The van der Waals surface area contributed by atoms with Crippen molar-refractivity contribution in [2.24, 2.45) is 4.99 Å². The molecule has 2 aromatic carbocycles. The van der Waals surface area contributed by atoms with E-state index in [1.807, 2.05) is 59.1 Å². The molecule has 12 nitrogen and oxygen atoms in total. The number of alkyl carbamates (subject to hydrolysis) is 2. The molecule has 0 unspecified atom stereocenters. The number of nitrogens with one attached hydrogen (secondary N) is 4. The maximum absolute atomic E-state index is 12.8. The summed E-state index contributed by atoms with van der Waals surface area (Å²) < 4.78 is 12.4. The van der Waals surface area contributed by atoms with Crippen molar-refractivity contribution < 1.29 is 19.1 Å². The lowest BCUT2D eigenvalue weighted by Crippen LogP contribution is -2.47. The number of benzene rings is 2. The fraction of sp³-hybridized carbons (Fsp3) is 0.387. The number of amides is 2. The zero-order valence-electron chi connectivity index (χ0n) is 25.4. The number of ether oxygens (including phenoxy) is 2.